The van der Waals surface area contributed by atoms with Crippen molar-refractivity contribution >= 4 is 28.1 Å². The zero-order chi connectivity index (χ0) is 12.1. The summed E-state index contributed by atoms with van der Waals surface area (Å²) in [5, 5.41) is 4.15. The van der Waals surface area contributed by atoms with Crippen LogP contribution in [0.2, 0.25) is 0 Å². The Balaban J connectivity index is 1.82. The van der Waals surface area contributed by atoms with Gasteiger partial charge in [0.15, 0.2) is 0 Å². The van der Waals surface area contributed by atoms with Crippen LogP contribution in [0, 0.1) is 0 Å². The number of hydrogen-bond donors (Lipinski definition) is 2. The van der Waals surface area contributed by atoms with E-state index in [0.29, 0.717) is 5.92 Å². The SMILES string of the molecule is Nc1ccnc2[nH]c(-c3nc(C4CC4)cs3)cc12. The molecule has 0 spiro atoms. The highest BCUT2D eigenvalue weighted by atomic mass is 32.1. The minimum atomic E-state index is 0.697. The van der Waals surface area contributed by atoms with Gasteiger partial charge in [0.2, 0.25) is 0 Å². The summed E-state index contributed by atoms with van der Waals surface area (Å²) in [4.78, 5) is 12.3. The molecule has 0 bridgehead atoms. The Labute approximate surface area is 108 Å². The first-order valence-electron chi connectivity index (χ1n) is 6.00. The lowest BCUT2D eigenvalue weighted by Crippen LogP contribution is -1.85. The lowest BCUT2D eigenvalue weighted by molar-refractivity contribution is 1.05. The van der Waals surface area contributed by atoms with Crippen LogP contribution in [-0.4, -0.2) is 15.0 Å². The van der Waals surface area contributed by atoms with Gasteiger partial charge in [-0.05, 0) is 25.0 Å². The van der Waals surface area contributed by atoms with Crippen LogP contribution in [0.5, 0.6) is 0 Å². The van der Waals surface area contributed by atoms with Crippen molar-refractivity contribution in [2.75, 3.05) is 5.73 Å². The van der Waals surface area contributed by atoms with Crippen LogP contribution >= 0.6 is 11.3 Å². The normalized spacial score (nSPS) is 15.3. The molecule has 3 aromatic rings. The first-order valence-corrected chi connectivity index (χ1v) is 6.88. The maximum atomic E-state index is 5.93. The third-order valence-electron chi connectivity index (χ3n) is 3.31. The second-order valence-electron chi connectivity index (χ2n) is 4.70. The van der Waals surface area contributed by atoms with Crippen molar-refractivity contribution in [3.8, 4) is 10.7 Å². The number of H-pyrrole nitrogens is 1. The highest BCUT2D eigenvalue weighted by Gasteiger charge is 2.26. The molecule has 1 saturated carbocycles. The number of rotatable bonds is 2. The van der Waals surface area contributed by atoms with E-state index in [1.807, 2.05) is 12.1 Å². The molecule has 4 rings (SSSR count). The van der Waals surface area contributed by atoms with E-state index in [4.69, 9.17) is 5.73 Å². The summed E-state index contributed by atoms with van der Waals surface area (Å²) in [5.41, 5.74) is 9.75. The molecule has 0 atom stereocenters. The Morgan fingerprint density at radius 2 is 2.28 bits per heavy atom. The molecule has 4 nitrogen and oxygen atoms in total. The van der Waals surface area contributed by atoms with Crippen LogP contribution in [0.15, 0.2) is 23.7 Å². The van der Waals surface area contributed by atoms with E-state index in [1.54, 1.807) is 17.5 Å². The van der Waals surface area contributed by atoms with Crippen molar-refractivity contribution in [3.63, 3.8) is 0 Å². The van der Waals surface area contributed by atoms with Crippen LogP contribution in [0.3, 0.4) is 0 Å². The number of nitrogens with two attached hydrogens (primary N) is 1. The molecule has 18 heavy (non-hydrogen) atoms. The Bertz CT molecular complexity index is 724. The molecule has 3 aromatic heterocycles. The quantitative estimate of drug-likeness (QED) is 0.740. The monoisotopic (exact) mass is 256 g/mol. The van der Waals surface area contributed by atoms with Crippen LogP contribution in [0.4, 0.5) is 5.69 Å². The fourth-order valence-electron chi connectivity index (χ4n) is 2.14. The number of aromatic amines is 1. The number of fused-ring (bicyclic) bond motifs is 1. The first-order chi connectivity index (χ1) is 8.81. The lowest BCUT2D eigenvalue weighted by Gasteiger charge is -1.91. The maximum Gasteiger partial charge on any atom is 0.140 e. The molecule has 0 unspecified atom stereocenters. The summed E-state index contributed by atoms with van der Waals surface area (Å²) in [7, 11) is 0. The number of anilines is 1. The largest absolute Gasteiger partial charge is 0.398 e. The lowest BCUT2D eigenvalue weighted by atomic mass is 10.3. The second kappa shape index (κ2) is 3.55. The summed E-state index contributed by atoms with van der Waals surface area (Å²) in [6, 6.07) is 3.85. The van der Waals surface area contributed by atoms with Crippen LogP contribution in [0.25, 0.3) is 21.7 Å². The average Bonchev–Trinajstić information content (AvgIpc) is 2.93. The average molecular weight is 256 g/mol. The Morgan fingerprint density at radius 1 is 1.39 bits per heavy atom. The number of thiazole rings is 1. The zero-order valence-corrected chi connectivity index (χ0v) is 10.5. The second-order valence-corrected chi connectivity index (χ2v) is 5.56. The Morgan fingerprint density at radius 3 is 3.06 bits per heavy atom. The van der Waals surface area contributed by atoms with Gasteiger partial charge in [0.25, 0.3) is 0 Å². The van der Waals surface area contributed by atoms with E-state index in [2.05, 4.69) is 20.3 Å². The summed E-state index contributed by atoms with van der Waals surface area (Å²) in [6.07, 6.45) is 4.28. The number of pyridine rings is 1. The Hall–Kier alpha value is -1.88. The molecule has 3 N–H and O–H groups in total. The van der Waals surface area contributed by atoms with Crippen molar-refractivity contribution < 1.29 is 0 Å². The minimum absolute atomic E-state index is 0.697. The molecule has 90 valence electrons. The van der Waals surface area contributed by atoms with Crippen molar-refractivity contribution in [2.45, 2.75) is 18.8 Å². The van der Waals surface area contributed by atoms with Gasteiger partial charge in [0, 0.05) is 28.6 Å². The molecule has 0 aliphatic heterocycles. The van der Waals surface area contributed by atoms with E-state index >= 15 is 0 Å². The predicted octanol–water partition coefficient (Wildman–Crippen LogP) is 3.15. The molecule has 1 aliphatic rings. The predicted molar refractivity (Wildman–Crippen MR) is 73.6 cm³/mol. The third kappa shape index (κ3) is 1.51. The van der Waals surface area contributed by atoms with Gasteiger partial charge in [-0.15, -0.1) is 11.3 Å². The van der Waals surface area contributed by atoms with E-state index in [9.17, 15) is 0 Å². The van der Waals surface area contributed by atoms with E-state index in [-0.39, 0.29) is 0 Å². The Kier molecular flexibility index (Phi) is 1.99. The molecule has 1 aliphatic carbocycles. The van der Waals surface area contributed by atoms with Crippen molar-refractivity contribution in [2.24, 2.45) is 0 Å². The van der Waals surface area contributed by atoms with Gasteiger partial charge in [-0.2, -0.15) is 0 Å². The molecule has 0 amide bonds. The number of nitrogens with one attached hydrogen (secondary N) is 1. The standard InChI is InChI=1S/C13H12N4S/c14-9-3-4-15-12-8(9)5-10(16-12)13-17-11(6-18-13)7-1-2-7/h3-7H,1-2H2,(H3,14,15,16). The van der Waals surface area contributed by atoms with Gasteiger partial charge in [0.1, 0.15) is 10.7 Å². The van der Waals surface area contributed by atoms with Gasteiger partial charge in [-0.25, -0.2) is 9.97 Å². The third-order valence-corrected chi connectivity index (χ3v) is 4.21. The fourth-order valence-corrected chi connectivity index (χ4v) is 3.01. The van der Waals surface area contributed by atoms with Crippen molar-refractivity contribution in [3.05, 3.63) is 29.4 Å². The molecule has 1 fully saturated rings. The van der Waals surface area contributed by atoms with E-state index in [1.165, 1.54) is 18.5 Å². The smallest absolute Gasteiger partial charge is 0.140 e. The van der Waals surface area contributed by atoms with Gasteiger partial charge in [0.05, 0.1) is 11.4 Å². The van der Waals surface area contributed by atoms with E-state index < -0.39 is 0 Å². The molecule has 5 heteroatoms. The fraction of sp³-hybridized carbons (Fsp3) is 0.231. The van der Waals surface area contributed by atoms with Gasteiger partial charge >= 0.3 is 0 Å². The van der Waals surface area contributed by atoms with Crippen molar-refractivity contribution in [1.82, 2.24) is 15.0 Å². The molecule has 0 radical (unpaired) electrons. The summed E-state index contributed by atoms with van der Waals surface area (Å²) >= 11 is 1.68. The number of nitrogens with zero attached hydrogens (tertiary/aromatic N) is 2. The number of aromatic nitrogens is 3. The molecule has 0 saturated heterocycles. The van der Waals surface area contributed by atoms with Gasteiger partial charge in [-0.1, -0.05) is 0 Å². The van der Waals surface area contributed by atoms with Crippen LogP contribution in [0.1, 0.15) is 24.5 Å². The molecule has 3 heterocycles. The van der Waals surface area contributed by atoms with Crippen LogP contribution in [-0.2, 0) is 0 Å². The highest BCUT2D eigenvalue weighted by Crippen LogP contribution is 2.41. The summed E-state index contributed by atoms with van der Waals surface area (Å²) < 4.78 is 0. The number of nitrogen functional groups attached to an aromatic ring is 1. The van der Waals surface area contributed by atoms with Gasteiger partial charge in [-0.3, -0.25) is 0 Å². The highest BCUT2D eigenvalue weighted by molar-refractivity contribution is 7.13. The first kappa shape index (κ1) is 10.1. The maximum absolute atomic E-state index is 5.93. The zero-order valence-electron chi connectivity index (χ0n) is 9.68. The molecular formula is C13H12N4S. The number of hydrogen-bond acceptors (Lipinski definition) is 4. The topological polar surface area (TPSA) is 67.6 Å². The van der Waals surface area contributed by atoms with Crippen LogP contribution < -0.4 is 5.73 Å². The molecule has 0 aromatic carbocycles. The van der Waals surface area contributed by atoms with Crippen molar-refractivity contribution in [1.29, 1.82) is 0 Å². The van der Waals surface area contributed by atoms with Gasteiger partial charge < -0.3 is 10.7 Å². The summed E-state index contributed by atoms with van der Waals surface area (Å²) in [6.45, 7) is 0. The molecular weight excluding hydrogens is 244 g/mol. The summed E-state index contributed by atoms with van der Waals surface area (Å²) in [5.74, 6) is 0.697. The van der Waals surface area contributed by atoms with E-state index in [0.717, 1.165) is 27.4 Å². The minimum Gasteiger partial charge on any atom is -0.398 e.